The molecule has 0 radical (unpaired) electrons. The summed E-state index contributed by atoms with van der Waals surface area (Å²) in [4.78, 5) is 5.41. The predicted molar refractivity (Wildman–Crippen MR) is 203 cm³/mol. The monoisotopic (exact) mass is 630 g/mol. The molecule has 0 aliphatic carbocycles. The first kappa shape index (κ1) is 26.0. The Kier molecular flexibility index (Phi) is 5.23. The van der Waals surface area contributed by atoms with Gasteiger partial charge in [0.15, 0.2) is 0 Å². The molecule has 0 spiro atoms. The summed E-state index contributed by atoms with van der Waals surface area (Å²) >= 11 is 1.81. The topological polar surface area (TPSA) is 27.7 Å². The van der Waals surface area contributed by atoms with Gasteiger partial charge in [-0.2, -0.15) is 0 Å². The van der Waals surface area contributed by atoms with Crippen LogP contribution in [0.15, 0.2) is 158 Å². The summed E-state index contributed by atoms with van der Waals surface area (Å²) in [5.74, 6) is 0.933. The Morgan fingerprint density at radius 2 is 0.917 bits per heavy atom. The highest BCUT2D eigenvalue weighted by Crippen LogP contribution is 2.42. The minimum atomic E-state index is 0.933. The Bertz CT molecular complexity index is 3010. The summed E-state index contributed by atoms with van der Waals surface area (Å²) in [5.41, 5.74) is 9.20. The van der Waals surface area contributed by atoms with Crippen LogP contribution in [-0.4, -0.2) is 18.7 Å². The lowest BCUT2D eigenvalue weighted by Gasteiger charge is -2.13. The summed E-state index contributed by atoms with van der Waals surface area (Å²) < 4.78 is 9.58. The van der Waals surface area contributed by atoms with Crippen LogP contribution in [0.5, 0.6) is 0 Å². The molecule has 5 aromatic heterocycles. The van der Waals surface area contributed by atoms with Crippen LogP contribution in [-0.2, 0) is 0 Å². The number of aromatic nitrogens is 4. The standard InChI is InChI=1S/C43H26N4S/c1-2-12-27(13-3-1)45-36-20-10-6-16-31(36)41-32-17-7-11-21-37(32)46(43(41)45)28-22-23-38-33(26-28)42-39(48-38)24-25-40(44-42)47-34-18-8-4-14-29(34)30-15-5-9-19-35(30)47/h1-26H. The first-order valence-electron chi connectivity index (χ1n) is 16.2. The number of benzene rings is 6. The van der Waals surface area contributed by atoms with Gasteiger partial charge in [0.2, 0.25) is 0 Å². The second-order valence-corrected chi connectivity index (χ2v) is 13.5. The number of thiophene rings is 1. The molecule has 11 rings (SSSR count). The van der Waals surface area contributed by atoms with E-state index in [4.69, 9.17) is 4.98 Å². The number of rotatable bonds is 3. The number of pyridine rings is 1. The third-order valence-electron chi connectivity index (χ3n) is 9.84. The van der Waals surface area contributed by atoms with Crippen molar-refractivity contribution in [1.29, 1.82) is 0 Å². The van der Waals surface area contributed by atoms with Crippen molar-refractivity contribution >= 4 is 86.3 Å². The van der Waals surface area contributed by atoms with Gasteiger partial charge >= 0.3 is 0 Å². The molecular weight excluding hydrogens is 605 g/mol. The lowest BCUT2D eigenvalue weighted by atomic mass is 10.1. The van der Waals surface area contributed by atoms with Gasteiger partial charge < -0.3 is 0 Å². The average Bonchev–Trinajstić information content (AvgIpc) is 3.87. The lowest BCUT2D eigenvalue weighted by Crippen LogP contribution is -2.01. The van der Waals surface area contributed by atoms with E-state index in [2.05, 4.69) is 171 Å². The highest BCUT2D eigenvalue weighted by Gasteiger charge is 2.22. The molecule has 0 aliphatic heterocycles. The highest BCUT2D eigenvalue weighted by atomic mass is 32.1. The van der Waals surface area contributed by atoms with E-state index < -0.39 is 0 Å². The molecule has 0 unspecified atom stereocenters. The number of hydrogen-bond acceptors (Lipinski definition) is 2. The Labute approximate surface area is 278 Å². The first-order chi connectivity index (χ1) is 23.8. The van der Waals surface area contributed by atoms with Gasteiger partial charge in [-0.25, -0.2) is 4.98 Å². The van der Waals surface area contributed by atoms with Crippen LogP contribution in [0.1, 0.15) is 0 Å². The Morgan fingerprint density at radius 1 is 0.396 bits per heavy atom. The molecule has 5 heteroatoms. The summed E-state index contributed by atoms with van der Waals surface area (Å²) in [6, 6.07) is 56.8. The number of hydrogen-bond donors (Lipinski definition) is 0. The average molecular weight is 631 g/mol. The van der Waals surface area contributed by atoms with Crippen LogP contribution in [0.4, 0.5) is 0 Å². The van der Waals surface area contributed by atoms with E-state index in [0.29, 0.717) is 0 Å². The smallest absolute Gasteiger partial charge is 0.138 e. The first-order valence-corrected chi connectivity index (χ1v) is 17.1. The molecule has 48 heavy (non-hydrogen) atoms. The summed E-state index contributed by atoms with van der Waals surface area (Å²) in [6.45, 7) is 0. The third kappa shape index (κ3) is 3.46. The molecule has 4 nitrogen and oxygen atoms in total. The van der Waals surface area contributed by atoms with Gasteiger partial charge in [0.1, 0.15) is 11.5 Å². The quantitative estimate of drug-likeness (QED) is 0.191. The largest absolute Gasteiger partial charge is 0.295 e. The van der Waals surface area contributed by atoms with E-state index in [-0.39, 0.29) is 0 Å². The highest BCUT2D eigenvalue weighted by molar-refractivity contribution is 7.25. The zero-order chi connectivity index (χ0) is 31.3. The van der Waals surface area contributed by atoms with Crippen molar-refractivity contribution in [3.05, 3.63) is 158 Å². The van der Waals surface area contributed by atoms with Crippen molar-refractivity contribution < 1.29 is 0 Å². The molecule has 0 saturated heterocycles. The van der Waals surface area contributed by atoms with Gasteiger partial charge in [-0.05, 0) is 66.7 Å². The third-order valence-corrected chi connectivity index (χ3v) is 11.0. The van der Waals surface area contributed by atoms with Crippen LogP contribution < -0.4 is 0 Å². The van der Waals surface area contributed by atoms with Crippen molar-refractivity contribution in [1.82, 2.24) is 18.7 Å². The molecule has 6 aromatic carbocycles. The molecule has 0 fully saturated rings. The second kappa shape index (κ2) is 9.67. The van der Waals surface area contributed by atoms with Gasteiger partial charge in [0.05, 0.1) is 32.3 Å². The minimum absolute atomic E-state index is 0.933. The summed E-state index contributed by atoms with van der Waals surface area (Å²) in [5, 5.41) is 7.43. The van der Waals surface area contributed by atoms with E-state index in [1.165, 1.54) is 69.4 Å². The van der Waals surface area contributed by atoms with E-state index in [9.17, 15) is 0 Å². The zero-order valence-corrected chi connectivity index (χ0v) is 26.5. The lowest BCUT2D eigenvalue weighted by molar-refractivity contribution is 1.07. The molecule has 0 atom stereocenters. The molecular formula is C43H26N4S. The molecule has 5 heterocycles. The molecule has 0 saturated carbocycles. The number of fused-ring (bicyclic) bond motifs is 11. The van der Waals surface area contributed by atoms with Crippen molar-refractivity contribution in [2.24, 2.45) is 0 Å². The van der Waals surface area contributed by atoms with Crippen LogP contribution in [0.25, 0.3) is 92.1 Å². The van der Waals surface area contributed by atoms with Crippen molar-refractivity contribution in [3.63, 3.8) is 0 Å². The number of nitrogens with zero attached hydrogens (tertiary/aromatic N) is 4. The van der Waals surface area contributed by atoms with Gasteiger partial charge in [-0.3, -0.25) is 13.7 Å². The molecule has 0 aliphatic rings. The van der Waals surface area contributed by atoms with Crippen molar-refractivity contribution in [3.8, 4) is 17.2 Å². The fourth-order valence-corrected chi connectivity index (χ4v) is 8.88. The van der Waals surface area contributed by atoms with Crippen molar-refractivity contribution in [2.75, 3.05) is 0 Å². The van der Waals surface area contributed by atoms with Crippen LogP contribution in [0, 0.1) is 0 Å². The minimum Gasteiger partial charge on any atom is -0.295 e. The van der Waals surface area contributed by atoms with Gasteiger partial charge in [0.25, 0.3) is 0 Å². The maximum absolute atomic E-state index is 5.41. The molecule has 0 N–H and O–H groups in total. The number of para-hydroxylation sites is 5. The fourth-order valence-electron chi connectivity index (χ4n) is 7.85. The Balaban J connectivity index is 1.21. The molecule has 224 valence electrons. The SMILES string of the molecule is c1ccc(-n2c3ccccc3c3c4ccccc4n(-c4ccc5sc6ccc(-n7c8ccccc8c8ccccc87)nc6c5c4)c32)cc1. The predicted octanol–water partition coefficient (Wildman–Crippen LogP) is 11.6. The summed E-state index contributed by atoms with van der Waals surface area (Å²) in [7, 11) is 0. The van der Waals surface area contributed by atoms with E-state index in [1.54, 1.807) is 11.3 Å². The van der Waals surface area contributed by atoms with E-state index in [1.807, 2.05) is 0 Å². The van der Waals surface area contributed by atoms with Crippen LogP contribution >= 0.6 is 11.3 Å². The van der Waals surface area contributed by atoms with Gasteiger partial charge in [-0.15, -0.1) is 11.3 Å². The molecule has 0 amide bonds. The second-order valence-electron chi connectivity index (χ2n) is 12.4. The normalized spacial score (nSPS) is 12.2. The summed E-state index contributed by atoms with van der Waals surface area (Å²) in [6.07, 6.45) is 0. The molecule has 0 bridgehead atoms. The van der Waals surface area contributed by atoms with Gasteiger partial charge in [0, 0.05) is 48.4 Å². The zero-order valence-electron chi connectivity index (χ0n) is 25.7. The van der Waals surface area contributed by atoms with E-state index >= 15 is 0 Å². The maximum atomic E-state index is 5.41. The Morgan fingerprint density at radius 3 is 1.56 bits per heavy atom. The molecule has 11 aromatic rings. The Hall–Kier alpha value is -6.17. The van der Waals surface area contributed by atoms with E-state index in [0.717, 1.165) is 22.7 Å². The van der Waals surface area contributed by atoms with Crippen LogP contribution in [0.3, 0.4) is 0 Å². The van der Waals surface area contributed by atoms with Crippen LogP contribution in [0.2, 0.25) is 0 Å². The maximum Gasteiger partial charge on any atom is 0.138 e. The van der Waals surface area contributed by atoms with Gasteiger partial charge in [-0.1, -0.05) is 91.0 Å². The van der Waals surface area contributed by atoms with Crippen molar-refractivity contribution in [2.45, 2.75) is 0 Å². The fraction of sp³-hybridized carbons (Fsp3) is 0.